The van der Waals surface area contributed by atoms with Crippen LogP contribution in [0.2, 0.25) is 0 Å². The number of nitrogens with two attached hydrogens (primary N) is 1. The lowest BCUT2D eigenvalue weighted by Crippen LogP contribution is -2.33. The molecule has 0 fully saturated rings. The van der Waals surface area contributed by atoms with Crippen LogP contribution in [0.1, 0.15) is 17.0 Å². The van der Waals surface area contributed by atoms with Crippen molar-refractivity contribution in [3.63, 3.8) is 0 Å². The summed E-state index contributed by atoms with van der Waals surface area (Å²) in [6.45, 7) is 3.65. The van der Waals surface area contributed by atoms with Crippen LogP contribution >= 0.6 is 0 Å². The van der Waals surface area contributed by atoms with Crippen molar-refractivity contribution in [2.75, 3.05) is 6.54 Å². The van der Waals surface area contributed by atoms with Crippen LogP contribution in [0.3, 0.4) is 0 Å². The average Bonchev–Trinajstić information content (AvgIpc) is 2.94. The van der Waals surface area contributed by atoms with E-state index >= 15 is 0 Å². The van der Waals surface area contributed by atoms with Crippen LogP contribution in [0.15, 0.2) is 41.8 Å². The highest BCUT2D eigenvalue weighted by Crippen LogP contribution is 2.14. The molecule has 3 N–H and O–H groups in total. The largest absolute Gasteiger partial charge is 0.409 e. The fraction of sp³-hybridized carbons (Fsp3) is 0.286. The van der Waals surface area contributed by atoms with E-state index in [1.54, 1.807) is 0 Å². The highest BCUT2D eigenvalue weighted by Gasteiger charge is 2.16. The van der Waals surface area contributed by atoms with Crippen LogP contribution in [-0.4, -0.2) is 32.0 Å². The van der Waals surface area contributed by atoms with E-state index in [1.165, 1.54) is 0 Å². The fourth-order valence-corrected chi connectivity index (χ4v) is 2.50. The molecule has 0 atom stereocenters. The van der Waals surface area contributed by atoms with Crippen molar-refractivity contribution in [1.82, 2.24) is 14.5 Å². The first-order valence-electron chi connectivity index (χ1n) is 6.55. The third kappa shape index (κ3) is 2.50. The van der Waals surface area contributed by atoms with Gasteiger partial charge in [0.1, 0.15) is 5.82 Å². The number of amidine groups is 1. The smallest absolute Gasteiger partial charge is 0.170 e. The zero-order valence-corrected chi connectivity index (χ0v) is 11.1. The number of hydrogen-bond donors (Lipinski definition) is 2. The third-order valence-corrected chi connectivity index (χ3v) is 3.56. The minimum Gasteiger partial charge on any atom is -0.409 e. The molecule has 1 aliphatic rings. The van der Waals surface area contributed by atoms with Gasteiger partial charge in [0, 0.05) is 37.6 Å². The summed E-state index contributed by atoms with van der Waals surface area (Å²) in [5, 5.41) is 11.8. The van der Waals surface area contributed by atoms with Crippen molar-refractivity contribution in [1.29, 1.82) is 0 Å². The number of rotatable bonds is 3. The molecule has 2 aromatic rings. The van der Waals surface area contributed by atoms with Crippen molar-refractivity contribution >= 4 is 5.84 Å². The lowest BCUT2D eigenvalue weighted by Gasteiger charge is -2.27. The molecule has 20 heavy (non-hydrogen) atoms. The van der Waals surface area contributed by atoms with E-state index in [0.29, 0.717) is 0 Å². The molecule has 104 valence electrons. The third-order valence-electron chi connectivity index (χ3n) is 3.56. The molecule has 0 saturated heterocycles. The number of nitrogens with zero attached hydrogens (tertiary/aromatic N) is 4. The molecule has 0 radical (unpaired) electrons. The highest BCUT2D eigenvalue weighted by atomic mass is 16.4. The number of aromatic nitrogens is 2. The summed E-state index contributed by atoms with van der Waals surface area (Å²) >= 11 is 0. The molecule has 0 bridgehead atoms. The Kier molecular flexibility index (Phi) is 3.39. The van der Waals surface area contributed by atoms with Gasteiger partial charge in [-0.25, -0.2) is 4.98 Å². The Hall–Kier alpha value is -2.34. The van der Waals surface area contributed by atoms with Crippen LogP contribution in [0.4, 0.5) is 0 Å². The second-order valence-electron chi connectivity index (χ2n) is 4.93. The van der Waals surface area contributed by atoms with Gasteiger partial charge in [-0.1, -0.05) is 23.4 Å². The normalized spacial score (nSPS) is 16.1. The van der Waals surface area contributed by atoms with Gasteiger partial charge in [-0.15, -0.1) is 0 Å². The van der Waals surface area contributed by atoms with E-state index in [-0.39, 0.29) is 5.84 Å². The molecule has 1 aromatic carbocycles. The molecular formula is C14H17N5O. The molecule has 6 heteroatoms. The molecule has 0 spiro atoms. The Balaban J connectivity index is 1.73. The summed E-state index contributed by atoms with van der Waals surface area (Å²) in [7, 11) is 0. The van der Waals surface area contributed by atoms with E-state index in [9.17, 15) is 0 Å². The van der Waals surface area contributed by atoms with Crippen molar-refractivity contribution in [2.24, 2.45) is 10.9 Å². The monoisotopic (exact) mass is 271 g/mol. The van der Waals surface area contributed by atoms with E-state index in [2.05, 4.69) is 25.7 Å². The molecule has 0 amide bonds. The van der Waals surface area contributed by atoms with Gasteiger partial charge in [0.2, 0.25) is 0 Å². The summed E-state index contributed by atoms with van der Waals surface area (Å²) in [6.07, 6.45) is 3.86. The van der Waals surface area contributed by atoms with Gasteiger partial charge >= 0.3 is 0 Å². The van der Waals surface area contributed by atoms with Gasteiger partial charge in [-0.2, -0.15) is 0 Å². The SMILES string of the molecule is NC(=NO)c1cccc(CN2CCn3ccnc3C2)c1. The number of imidazole rings is 1. The van der Waals surface area contributed by atoms with E-state index in [4.69, 9.17) is 10.9 Å². The summed E-state index contributed by atoms with van der Waals surface area (Å²) in [5.41, 5.74) is 7.51. The molecule has 1 aliphatic heterocycles. The Morgan fingerprint density at radius 3 is 3.15 bits per heavy atom. The summed E-state index contributed by atoms with van der Waals surface area (Å²) in [5.74, 6) is 1.24. The van der Waals surface area contributed by atoms with Crippen LogP contribution in [0.25, 0.3) is 0 Å². The zero-order valence-electron chi connectivity index (χ0n) is 11.1. The Labute approximate surface area is 117 Å². The molecule has 0 aliphatic carbocycles. The number of oxime groups is 1. The fourth-order valence-electron chi connectivity index (χ4n) is 2.50. The van der Waals surface area contributed by atoms with Crippen molar-refractivity contribution < 1.29 is 5.21 Å². The molecule has 0 saturated carbocycles. The Morgan fingerprint density at radius 2 is 2.30 bits per heavy atom. The average molecular weight is 271 g/mol. The maximum atomic E-state index is 8.73. The van der Waals surface area contributed by atoms with Crippen LogP contribution in [-0.2, 0) is 19.6 Å². The van der Waals surface area contributed by atoms with Gasteiger partial charge in [-0.05, 0) is 11.6 Å². The van der Waals surface area contributed by atoms with E-state index in [1.807, 2.05) is 30.6 Å². The highest BCUT2D eigenvalue weighted by molar-refractivity contribution is 5.97. The topological polar surface area (TPSA) is 79.7 Å². The van der Waals surface area contributed by atoms with Gasteiger partial charge in [0.25, 0.3) is 0 Å². The second kappa shape index (κ2) is 5.34. The van der Waals surface area contributed by atoms with Gasteiger partial charge < -0.3 is 15.5 Å². The van der Waals surface area contributed by atoms with Gasteiger partial charge in [-0.3, -0.25) is 4.90 Å². The summed E-state index contributed by atoms with van der Waals surface area (Å²) < 4.78 is 2.18. The van der Waals surface area contributed by atoms with Crippen molar-refractivity contribution in [3.05, 3.63) is 53.6 Å². The predicted molar refractivity (Wildman–Crippen MR) is 75.3 cm³/mol. The van der Waals surface area contributed by atoms with E-state index < -0.39 is 0 Å². The number of benzene rings is 1. The Morgan fingerprint density at radius 1 is 1.40 bits per heavy atom. The standard InChI is InChI=1S/C14H17N5O/c15-14(17-20)12-3-1-2-11(8-12)9-18-6-7-19-5-4-16-13(19)10-18/h1-5,8,20H,6-7,9-10H2,(H2,15,17). The van der Waals surface area contributed by atoms with Crippen molar-refractivity contribution in [3.8, 4) is 0 Å². The first-order valence-corrected chi connectivity index (χ1v) is 6.55. The first kappa shape index (κ1) is 12.7. The zero-order chi connectivity index (χ0) is 13.9. The molecular weight excluding hydrogens is 254 g/mol. The molecule has 6 nitrogen and oxygen atoms in total. The molecule has 0 unspecified atom stereocenters. The molecule has 1 aromatic heterocycles. The first-order chi connectivity index (χ1) is 9.76. The van der Waals surface area contributed by atoms with Crippen LogP contribution < -0.4 is 5.73 Å². The summed E-state index contributed by atoms with van der Waals surface area (Å²) in [6, 6.07) is 7.76. The van der Waals surface area contributed by atoms with Gasteiger partial charge in [0.15, 0.2) is 5.84 Å². The maximum Gasteiger partial charge on any atom is 0.170 e. The minimum atomic E-state index is 0.140. The number of fused-ring (bicyclic) bond motifs is 1. The van der Waals surface area contributed by atoms with Crippen molar-refractivity contribution in [2.45, 2.75) is 19.6 Å². The van der Waals surface area contributed by atoms with E-state index in [0.717, 1.165) is 43.1 Å². The quantitative estimate of drug-likeness (QED) is 0.378. The maximum absolute atomic E-state index is 8.73. The molecule has 2 heterocycles. The molecule has 3 rings (SSSR count). The lowest BCUT2D eigenvalue weighted by molar-refractivity contribution is 0.209. The number of hydrogen-bond acceptors (Lipinski definition) is 4. The predicted octanol–water partition coefficient (Wildman–Crippen LogP) is 0.993. The van der Waals surface area contributed by atoms with Crippen LogP contribution in [0.5, 0.6) is 0 Å². The Bertz CT molecular complexity index is 634. The summed E-state index contributed by atoms with van der Waals surface area (Å²) in [4.78, 5) is 6.70. The van der Waals surface area contributed by atoms with Gasteiger partial charge in [0.05, 0.1) is 6.54 Å². The minimum absolute atomic E-state index is 0.140. The second-order valence-corrected chi connectivity index (χ2v) is 4.93. The van der Waals surface area contributed by atoms with Crippen LogP contribution in [0, 0.1) is 0 Å². The lowest BCUT2D eigenvalue weighted by atomic mass is 10.1.